The van der Waals surface area contributed by atoms with Crippen molar-refractivity contribution in [2.45, 2.75) is 65.6 Å². The molecule has 0 saturated heterocycles. The molecular formula is C18H34O4. The number of hydrogen-bond donors (Lipinski definition) is 2. The lowest BCUT2D eigenvalue weighted by Gasteiger charge is -2.29. The number of aliphatic hydroxyl groups is 2. The van der Waals surface area contributed by atoms with Crippen LogP contribution in [0.2, 0.25) is 0 Å². The normalized spacial score (nSPS) is 17.0. The molecule has 0 aromatic heterocycles. The first-order valence-corrected chi connectivity index (χ1v) is 8.20. The van der Waals surface area contributed by atoms with E-state index in [1.807, 2.05) is 13.8 Å². The van der Waals surface area contributed by atoms with Gasteiger partial charge in [-0.15, -0.1) is 0 Å². The molecule has 0 radical (unpaired) electrons. The monoisotopic (exact) mass is 314 g/mol. The summed E-state index contributed by atoms with van der Waals surface area (Å²) in [6.07, 6.45) is 1.58. The molecule has 0 spiro atoms. The van der Waals surface area contributed by atoms with Crippen LogP contribution < -0.4 is 0 Å². The van der Waals surface area contributed by atoms with Crippen LogP contribution in [0.25, 0.3) is 0 Å². The van der Waals surface area contributed by atoms with Gasteiger partial charge < -0.3 is 19.7 Å². The molecule has 0 saturated carbocycles. The van der Waals surface area contributed by atoms with Gasteiger partial charge in [-0.2, -0.15) is 0 Å². The third kappa shape index (κ3) is 9.42. The maximum atomic E-state index is 9.00. The van der Waals surface area contributed by atoms with E-state index in [4.69, 9.17) is 19.7 Å². The van der Waals surface area contributed by atoms with Crippen LogP contribution in [0.15, 0.2) is 0 Å². The van der Waals surface area contributed by atoms with Gasteiger partial charge in [0.05, 0.1) is 26.4 Å². The van der Waals surface area contributed by atoms with Gasteiger partial charge in [-0.3, -0.25) is 0 Å². The molecule has 0 amide bonds. The number of rotatable bonds is 10. The summed E-state index contributed by atoms with van der Waals surface area (Å²) in [5.41, 5.74) is -1.20. The summed E-state index contributed by atoms with van der Waals surface area (Å²) in [4.78, 5) is 0. The zero-order valence-corrected chi connectivity index (χ0v) is 15.1. The van der Waals surface area contributed by atoms with Crippen molar-refractivity contribution in [2.24, 2.45) is 11.8 Å². The molecular weight excluding hydrogens is 280 g/mol. The third-order valence-electron chi connectivity index (χ3n) is 3.21. The average Bonchev–Trinajstić information content (AvgIpc) is 2.40. The standard InChI is InChI=1S/C18H34O4/c1-15(2)13-17(5,21-11-9-19)7-8-18(6,14-16(3)4)22-12-10-20/h15-16,19-20H,9-14H2,1-6H3. The van der Waals surface area contributed by atoms with Crippen LogP contribution in [0.3, 0.4) is 0 Å². The van der Waals surface area contributed by atoms with Gasteiger partial charge in [-0.05, 0) is 38.5 Å². The van der Waals surface area contributed by atoms with E-state index in [-0.39, 0.29) is 26.4 Å². The first-order valence-electron chi connectivity index (χ1n) is 8.20. The molecule has 0 aromatic carbocycles. The summed E-state index contributed by atoms with van der Waals surface area (Å²) < 4.78 is 11.5. The van der Waals surface area contributed by atoms with Gasteiger partial charge >= 0.3 is 0 Å². The van der Waals surface area contributed by atoms with E-state index in [0.717, 1.165) is 12.8 Å². The van der Waals surface area contributed by atoms with Crippen molar-refractivity contribution in [2.75, 3.05) is 26.4 Å². The molecule has 130 valence electrons. The molecule has 0 aliphatic rings. The van der Waals surface area contributed by atoms with Crippen molar-refractivity contribution >= 4 is 0 Å². The van der Waals surface area contributed by atoms with Crippen LogP contribution in [0, 0.1) is 23.7 Å². The fraction of sp³-hybridized carbons (Fsp3) is 0.889. The van der Waals surface area contributed by atoms with Crippen LogP contribution in [-0.4, -0.2) is 47.8 Å². The van der Waals surface area contributed by atoms with Gasteiger partial charge in [-0.25, -0.2) is 0 Å². The van der Waals surface area contributed by atoms with Crippen LogP contribution in [0.5, 0.6) is 0 Å². The summed E-state index contributed by atoms with van der Waals surface area (Å²) >= 11 is 0. The van der Waals surface area contributed by atoms with Crippen LogP contribution in [0.1, 0.15) is 54.4 Å². The Labute approximate surface area is 136 Å². The summed E-state index contributed by atoms with van der Waals surface area (Å²) in [7, 11) is 0. The summed E-state index contributed by atoms with van der Waals surface area (Å²) in [5.74, 6) is 7.33. The summed E-state index contributed by atoms with van der Waals surface area (Å²) in [5, 5.41) is 18.0. The Morgan fingerprint density at radius 3 is 1.32 bits per heavy atom. The predicted molar refractivity (Wildman–Crippen MR) is 89.6 cm³/mol. The molecule has 0 aliphatic carbocycles. The fourth-order valence-corrected chi connectivity index (χ4v) is 2.66. The maximum absolute atomic E-state index is 9.00. The van der Waals surface area contributed by atoms with Gasteiger partial charge in [-0.1, -0.05) is 39.5 Å². The maximum Gasteiger partial charge on any atom is 0.126 e. The molecule has 2 N–H and O–H groups in total. The molecule has 0 aliphatic heterocycles. The van der Waals surface area contributed by atoms with Crippen molar-refractivity contribution in [3.8, 4) is 11.8 Å². The number of ether oxygens (including phenoxy) is 2. The zero-order valence-electron chi connectivity index (χ0n) is 15.1. The largest absolute Gasteiger partial charge is 0.394 e. The molecule has 4 nitrogen and oxygen atoms in total. The molecule has 0 aromatic rings. The topological polar surface area (TPSA) is 58.9 Å². The Hall–Kier alpha value is -0.600. The minimum Gasteiger partial charge on any atom is -0.394 e. The first kappa shape index (κ1) is 21.4. The van der Waals surface area contributed by atoms with Crippen LogP contribution in [-0.2, 0) is 9.47 Å². The van der Waals surface area contributed by atoms with E-state index < -0.39 is 11.2 Å². The van der Waals surface area contributed by atoms with Crippen molar-refractivity contribution in [1.29, 1.82) is 0 Å². The van der Waals surface area contributed by atoms with E-state index in [0.29, 0.717) is 11.8 Å². The van der Waals surface area contributed by atoms with Gasteiger partial charge in [0.1, 0.15) is 11.2 Å². The average molecular weight is 314 g/mol. The van der Waals surface area contributed by atoms with Gasteiger partial charge in [0.25, 0.3) is 0 Å². The Balaban J connectivity index is 5.20. The van der Waals surface area contributed by atoms with Gasteiger partial charge in [0.15, 0.2) is 0 Å². The quantitative estimate of drug-likeness (QED) is 0.609. The fourth-order valence-electron chi connectivity index (χ4n) is 2.66. The van der Waals surface area contributed by atoms with Crippen molar-refractivity contribution in [3.63, 3.8) is 0 Å². The van der Waals surface area contributed by atoms with E-state index in [2.05, 4.69) is 39.5 Å². The van der Waals surface area contributed by atoms with E-state index >= 15 is 0 Å². The Morgan fingerprint density at radius 2 is 1.09 bits per heavy atom. The molecule has 2 unspecified atom stereocenters. The molecule has 2 atom stereocenters. The molecule has 0 rings (SSSR count). The molecule has 4 heteroatoms. The van der Waals surface area contributed by atoms with E-state index in [9.17, 15) is 0 Å². The second-order valence-corrected chi connectivity index (χ2v) is 7.05. The lowest BCUT2D eigenvalue weighted by atomic mass is 9.90. The minimum absolute atomic E-state index is 0.0142. The Morgan fingerprint density at radius 1 is 0.773 bits per heavy atom. The lowest BCUT2D eigenvalue weighted by molar-refractivity contribution is -0.0255. The van der Waals surface area contributed by atoms with Gasteiger partial charge in [0.2, 0.25) is 0 Å². The minimum atomic E-state index is -0.599. The molecule has 0 heterocycles. The van der Waals surface area contributed by atoms with Crippen molar-refractivity contribution < 1.29 is 19.7 Å². The molecule has 0 fully saturated rings. The van der Waals surface area contributed by atoms with E-state index in [1.165, 1.54) is 0 Å². The highest BCUT2D eigenvalue weighted by molar-refractivity contribution is 5.20. The highest BCUT2D eigenvalue weighted by atomic mass is 16.5. The van der Waals surface area contributed by atoms with Crippen molar-refractivity contribution in [1.82, 2.24) is 0 Å². The molecule has 0 bridgehead atoms. The third-order valence-corrected chi connectivity index (χ3v) is 3.21. The van der Waals surface area contributed by atoms with Crippen LogP contribution >= 0.6 is 0 Å². The molecule has 22 heavy (non-hydrogen) atoms. The highest BCUT2D eigenvalue weighted by Gasteiger charge is 2.28. The summed E-state index contributed by atoms with van der Waals surface area (Å²) in [6.45, 7) is 12.9. The number of aliphatic hydroxyl groups excluding tert-OH is 2. The lowest BCUT2D eigenvalue weighted by Crippen LogP contribution is -2.34. The van der Waals surface area contributed by atoms with Gasteiger partial charge in [0, 0.05) is 0 Å². The van der Waals surface area contributed by atoms with Crippen molar-refractivity contribution in [3.05, 3.63) is 0 Å². The zero-order chi connectivity index (χ0) is 17.2. The Bertz CT molecular complexity index is 324. The second kappa shape index (κ2) is 10.2. The first-order chi connectivity index (χ1) is 10.2. The highest BCUT2D eigenvalue weighted by Crippen LogP contribution is 2.24. The smallest absolute Gasteiger partial charge is 0.126 e. The SMILES string of the molecule is CC(C)CC(C)(C#CC(C)(CC(C)C)OCCO)OCCO. The Kier molecular flexibility index (Phi) is 9.95. The number of hydrogen-bond acceptors (Lipinski definition) is 4. The predicted octanol–water partition coefficient (Wildman–Crippen LogP) is 2.62. The van der Waals surface area contributed by atoms with Crippen LogP contribution in [0.4, 0.5) is 0 Å². The second-order valence-electron chi connectivity index (χ2n) is 7.05. The summed E-state index contributed by atoms with van der Waals surface area (Å²) in [6, 6.07) is 0. The van der Waals surface area contributed by atoms with E-state index in [1.54, 1.807) is 0 Å².